The summed E-state index contributed by atoms with van der Waals surface area (Å²) in [7, 11) is 4.35. The lowest BCUT2D eigenvalue weighted by atomic mass is 9.91. The molecule has 0 aromatic carbocycles. The number of quaternary nitrogens is 1. The average Bonchev–Trinajstić information content (AvgIpc) is 3.07. The van der Waals surface area contributed by atoms with E-state index in [1.807, 2.05) is 0 Å². The van der Waals surface area contributed by atoms with E-state index in [0.717, 1.165) is 56.1 Å². The number of ketones is 2. The number of rotatable bonds is 39. The van der Waals surface area contributed by atoms with Gasteiger partial charge in [0.15, 0.2) is 0 Å². The Morgan fingerprint density at radius 3 is 1.33 bits per heavy atom. The Labute approximate surface area is 307 Å². The van der Waals surface area contributed by atoms with Crippen LogP contribution in [0.15, 0.2) is 24.3 Å². The van der Waals surface area contributed by atoms with Gasteiger partial charge in [0.1, 0.15) is 11.6 Å². The molecule has 1 N–H and O–H groups in total. The zero-order valence-electron chi connectivity index (χ0n) is 33.6. The largest absolute Gasteiger partial charge is 0.396 e. The lowest BCUT2D eigenvalue weighted by molar-refractivity contribution is -0.892. The van der Waals surface area contributed by atoms with Gasteiger partial charge in [0.05, 0.1) is 33.1 Å². The van der Waals surface area contributed by atoms with Gasteiger partial charge in [-0.25, -0.2) is 0 Å². The van der Waals surface area contributed by atoms with Crippen molar-refractivity contribution in [3.63, 3.8) is 0 Å². The van der Waals surface area contributed by atoms with Gasteiger partial charge in [0, 0.05) is 25.9 Å². The first-order chi connectivity index (χ1) is 23.9. The molecule has 0 fully saturated rings. The molecule has 0 heterocycles. The minimum Gasteiger partial charge on any atom is -0.396 e. The van der Waals surface area contributed by atoms with Crippen molar-refractivity contribution in [1.29, 1.82) is 0 Å². The number of hydrogen-bond acceptors (Lipinski definition) is 3. The predicted octanol–water partition coefficient (Wildman–Crippen LogP) is 13.1. The fraction of sp³-hybridized carbons (Fsp3) is 0.867. The molecule has 0 aliphatic rings. The second-order valence-electron chi connectivity index (χ2n) is 15.8. The predicted molar refractivity (Wildman–Crippen MR) is 215 cm³/mol. The van der Waals surface area contributed by atoms with E-state index in [4.69, 9.17) is 0 Å². The molecule has 0 amide bonds. The van der Waals surface area contributed by atoms with Gasteiger partial charge >= 0.3 is 0 Å². The molecule has 49 heavy (non-hydrogen) atoms. The van der Waals surface area contributed by atoms with Gasteiger partial charge in [0.25, 0.3) is 0 Å². The van der Waals surface area contributed by atoms with Gasteiger partial charge in [0.2, 0.25) is 0 Å². The smallest absolute Gasteiger partial charge is 0.142 e. The molecule has 0 radical (unpaired) electrons. The van der Waals surface area contributed by atoms with Crippen molar-refractivity contribution >= 4 is 11.6 Å². The van der Waals surface area contributed by atoms with E-state index in [0.29, 0.717) is 25.0 Å². The molecular weight excluding hydrogens is 602 g/mol. The molecule has 0 aliphatic carbocycles. The van der Waals surface area contributed by atoms with Crippen LogP contribution in [0.1, 0.15) is 213 Å². The lowest BCUT2D eigenvalue weighted by Crippen LogP contribution is -2.46. The fourth-order valence-electron chi connectivity index (χ4n) is 6.96. The first kappa shape index (κ1) is 47.7. The highest BCUT2D eigenvalue weighted by atomic mass is 16.3. The third-order valence-electron chi connectivity index (χ3n) is 10.2. The van der Waals surface area contributed by atoms with Crippen molar-refractivity contribution in [2.24, 2.45) is 5.92 Å². The van der Waals surface area contributed by atoms with Crippen LogP contribution in [0, 0.1) is 5.92 Å². The maximum atomic E-state index is 13.4. The molecule has 0 rings (SSSR count). The zero-order chi connectivity index (χ0) is 36.1. The molecule has 4 nitrogen and oxygen atoms in total. The number of nitrogens with zero attached hydrogens (tertiary/aromatic N) is 1. The summed E-state index contributed by atoms with van der Waals surface area (Å²) in [5.41, 5.74) is 0. The maximum absolute atomic E-state index is 13.4. The number of allylic oxidation sites excluding steroid dienone is 4. The topological polar surface area (TPSA) is 54.4 Å². The van der Waals surface area contributed by atoms with E-state index >= 15 is 0 Å². The SMILES string of the molecule is CCCCCCCC/C=C\CCCCCCCC(=O)CC(C[N+](C)(C)CCCCO)C(=O)CCCCCCC/C=C\CCCCCCCC. The Morgan fingerprint density at radius 2 is 0.898 bits per heavy atom. The molecule has 0 aliphatic heterocycles. The molecule has 0 bridgehead atoms. The molecule has 0 aromatic heterocycles. The number of aliphatic hydroxyl groups excluding tert-OH is 1. The molecule has 0 aromatic rings. The highest BCUT2D eigenvalue weighted by Crippen LogP contribution is 2.20. The van der Waals surface area contributed by atoms with Gasteiger partial charge in [-0.05, 0) is 77.0 Å². The molecule has 0 saturated heterocycles. The van der Waals surface area contributed by atoms with Gasteiger partial charge in [-0.1, -0.05) is 141 Å². The van der Waals surface area contributed by atoms with Crippen LogP contribution in [-0.2, 0) is 9.59 Å². The first-order valence-corrected chi connectivity index (χ1v) is 21.6. The van der Waals surface area contributed by atoms with Crippen molar-refractivity contribution in [2.45, 2.75) is 213 Å². The maximum Gasteiger partial charge on any atom is 0.142 e. The first-order valence-electron chi connectivity index (χ1n) is 21.6. The Kier molecular flexibility index (Phi) is 35.6. The quantitative estimate of drug-likeness (QED) is 0.0397. The Morgan fingerprint density at radius 1 is 0.510 bits per heavy atom. The van der Waals surface area contributed by atoms with Crippen LogP contribution >= 0.6 is 0 Å². The Balaban J connectivity index is 4.27. The molecule has 4 heteroatoms. The number of Topliss-reactive ketones (excluding diaryl/α,β-unsaturated/α-hetero) is 2. The van der Waals surface area contributed by atoms with E-state index in [1.165, 1.54) is 141 Å². The molecule has 0 spiro atoms. The second kappa shape index (κ2) is 36.5. The summed E-state index contributed by atoms with van der Waals surface area (Å²) in [6, 6.07) is 0. The highest BCUT2D eigenvalue weighted by Gasteiger charge is 2.29. The van der Waals surface area contributed by atoms with Crippen molar-refractivity contribution in [3.05, 3.63) is 24.3 Å². The van der Waals surface area contributed by atoms with Gasteiger partial charge < -0.3 is 9.59 Å². The number of unbranched alkanes of at least 4 members (excludes halogenated alkanes) is 23. The minimum atomic E-state index is -0.170. The van der Waals surface area contributed by atoms with E-state index in [2.05, 4.69) is 52.2 Å². The Hall–Kier alpha value is -1.26. The summed E-state index contributed by atoms with van der Waals surface area (Å²) < 4.78 is 0.740. The van der Waals surface area contributed by atoms with E-state index in [1.54, 1.807) is 0 Å². The van der Waals surface area contributed by atoms with Crippen LogP contribution in [0.4, 0.5) is 0 Å². The van der Waals surface area contributed by atoms with Crippen LogP contribution in [-0.4, -0.2) is 54.9 Å². The number of hydrogen-bond donors (Lipinski definition) is 1. The summed E-state index contributed by atoms with van der Waals surface area (Å²) >= 11 is 0. The minimum absolute atomic E-state index is 0.170. The van der Waals surface area contributed by atoms with Crippen LogP contribution in [0.2, 0.25) is 0 Å². The highest BCUT2D eigenvalue weighted by molar-refractivity contribution is 5.88. The summed E-state index contributed by atoms with van der Waals surface area (Å²) in [4.78, 5) is 26.5. The molecule has 1 unspecified atom stereocenters. The summed E-state index contributed by atoms with van der Waals surface area (Å²) in [5.74, 6) is 0.399. The molecular formula is C45H86NO3+. The Bertz CT molecular complexity index is 786. The average molecular weight is 689 g/mol. The second-order valence-corrected chi connectivity index (χ2v) is 15.8. The summed E-state index contributed by atoms with van der Waals surface area (Å²) in [6.45, 7) is 6.42. The van der Waals surface area contributed by atoms with E-state index in [9.17, 15) is 14.7 Å². The third-order valence-corrected chi connectivity index (χ3v) is 10.2. The van der Waals surface area contributed by atoms with Gasteiger partial charge in [-0.2, -0.15) is 0 Å². The lowest BCUT2D eigenvalue weighted by Gasteiger charge is -2.33. The summed E-state index contributed by atoms with van der Waals surface area (Å²) in [6.07, 6.45) is 45.6. The van der Waals surface area contributed by atoms with Crippen LogP contribution in [0.3, 0.4) is 0 Å². The number of carbonyl (C=O) groups excluding carboxylic acids is 2. The van der Waals surface area contributed by atoms with E-state index in [-0.39, 0.29) is 18.3 Å². The van der Waals surface area contributed by atoms with E-state index < -0.39 is 0 Å². The third kappa shape index (κ3) is 34.9. The van der Waals surface area contributed by atoms with Crippen molar-refractivity contribution < 1.29 is 19.2 Å². The van der Waals surface area contributed by atoms with Gasteiger partial charge in [-0.3, -0.25) is 9.59 Å². The van der Waals surface area contributed by atoms with Crippen molar-refractivity contribution in [2.75, 3.05) is 33.8 Å². The molecule has 0 saturated carbocycles. The standard InChI is InChI=1S/C45H86NO3/c1-5-7-9-11-13-15-17-19-21-23-25-27-29-31-33-37-44(48)41-43(42-46(3,4)39-35-36-40-47)45(49)38-34-32-30-28-26-24-22-20-18-16-14-12-10-8-6-2/h19-22,43,47H,5-18,23-42H2,1-4H3/q+1/b21-19-,22-20-. The van der Waals surface area contributed by atoms with Crippen LogP contribution in [0.5, 0.6) is 0 Å². The van der Waals surface area contributed by atoms with Crippen LogP contribution < -0.4 is 0 Å². The fourth-order valence-corrected chi connectivity index (χ4v) is 6.96. The summed E-state index contributed by atoms with van der Waals surface area (Å²) in [5, 5.41) is 9.23. The molecule has 1 atom stereocenters. The van der Waals surface area contributed by atoms with Crippen molar-refractivity contribution in [3.8, 4) is 0 Å². The van der Waals surface area contributed by atoms with Gasteiger partial charge in [-0.15, -0.1) is 0 Å². The van der Waals surface area contributed by atoms with Crippen molar-refractivity contribution in [1.82, 2.24) is 0 Å². The molecule has 288 valence electrons. The van der Waals surface area contributed by atoms with Crippen LogP contribution in [0.25, 0.3) is 0 Å². The monoisotopic (exact) mass is 689 g/mol. The number of carbonyl (C=O) groups is 2. The zero-order valence-corrected chi connectivity index (χ0v) is 33.6. The normalized spacial score (nSPS) is 12.8. The number of aliphatic hydroxyl groups is 1.